The van der Waals surface area contributed by atoms with Gasteiger partial charge in [0.25, 0.3) is 0 Å². The molecule has 31 heavy (non-hydrogen) atoms. The molecule has 0 aliphatic carbocycles. The molecular weight excluding hydrogens is 388 g/mol. The van der Waals surface area contributed by atoms with Crippen LogP contribution in [0.1, 0.15) is 63.8 Å². The number of benzene rings is 2. The smallest absolute Gasteiger partial charge is 0.338 e. The number of aryl methyl sites for hydroxylation is 2. The third kappa shape index (κ3) is 5.52. The van der Waals surface area contributed by atoms with E-state index in [1.54, 1.807) is 13.8 Å². The summed E-state index contributed by atoms with van der Waals surface area (Å²) in [6.07, 6.45) is 1.47. The maximum atomic E-state index is 11.9. The number of hydrogen-bond donors (Lipinski definition) is 0. The molecule has 0 amide bonds. The molecule has 2 rings (SSSR count). The van der Waals surface area contributed by atoms with Crippen molar-refractivity contribution in [2.24, 2.45) is 0 Å². The molecule has 4 nitrogen and oxygen atoms in total. The van der Waals surface area contributed by atoms with E-state index in [1.807, 2.05) is 38.1 Å². The highest BCUT2D eigenvalue weighted by molar-refractivity contribution is 5.89. The number of rotatable bonds is 8. The minimum absolute atomic E-state index is 0.304. The van der Waals surface area contributed by atoms with Crippen molar-refractivity contribution < 1.29 is 19.1 Å². The van der Waals surface area contributed by atoms with Gasteiger partial charge in [0.15, 0.2) is 0 Å². The van der Waals surface area contributed by atoms with Crippen LogP contribution in [-0.4, -0.2) is 11.9 Å². The number of esters is 2. The molecule has 2 aromatic carbocycles. The van der Waals surface area contributed by atoms with Crippen molar-refractivity contribution in [3.63, 3.8) is 0 Å². The lowest BCUT2D eigenvalue weighted by Gasteiger charge is -2.28. The van der Waals surface area contributed by atoms with Gasteiger partial charge in [0.2, 0.25) is 0 Å². The summed E-state index contributed by atoms with van der Waals surface area (Å²) in [6, 6.07) is 11.8. The molecule has 0 aliphatic rings. The molecule has 164 valence electrons. The first kappa shape index (κ1) is 24.1. The summed E-state index contributed by atoms with van der Waals surface area (Å²) in [7, 11) is 0. The first-order valence-corrected chi connectivity index (χ1v) is 10.5. The van der Waals surface area contributed by atoms with Gasteiger partial charge in [-0.1, -0.05) is 65.1 Å². The van der Waals surface area contributed by atoms with Crippen LogP contribution in [0.3, 0.4) is 0 Å². The van der Waals surface area contributed by atoms with Gasteiger partial charge in [0.1, 0.15) is 11.5 Å². The first-order chi connectivity index (χ1) is 14.5. The average Bonchev–Trinajstić information content (AvgIpc) is 2.73. The fourth-order valence-electron chi connectivity index (χ4n) is 3.23. The second-order valence-electron chi connectivity index (χ2n) is 8.32. The summed E-state index contributed by atoms with van der Waals surface area (Å²) in [5, 5.41) is 0. The monoisotopic (exact) mass is 420 g/mol. The van der Waals surface area contributed by atoms with Crippen molar-refractivity contribution in [3.05, 3.63) is 83.0 Å². The van der Waals surface area contributed by atoms with E-state index in [1.165, 1.54) is 0 Å². The lowest BCUT2D eigenvalue weighted by atomic mass is 9.77. The Hall–Kier alpha value is -3.14. The molecular formula is C27H32O4. The number of ether oxygens (including phenoxy) is 2. The lowest BCUT2D eigenvalue weighted by Crippen LogP contribution is -2.20. The third-order valence-corrected chi connectivity index (χ3v) is 5.43. The summed E-state index contributed by atoms with van der Waals surface area (Å²) in [4.78, 5) is 23.9. The summed E-state index contributed by atoms with van der Waals surface area (Å²) in [5.74, 6) is 0.279. The van der Waals surface area contributed by atoms with E-state index in [2.05, 4.69) is 39.1 Å². The quantitative estimate of drug-likeness (QED) is 0.294. The predicted molar refractivity (Wildman–Crippen MR) is 125 cm³/mol. The van der Waals surface area contributed by atoms with Gasteiger partial charge in [-0.3, -0.25) is 0 Å². The molecule has 0 saturated heterocycles. The van der Waals surface area contributed by atoms with Gasteiger partial charge in [0, 0.05) is 16.6 Å². The molecule has 0 aliphatic heterocycles. The van der Waals surface area contributed by atoms with Crippen LogP contribution in [0.25, 0.3) is 0 Å². The van der Waals surface area contributed by atoms with Gasteiger partial charge in [-0.25, -0.2) is 9.59 Å². The normalized spacial score (nSPS) is 11.0. The van der Waals surface area contributed by atoms with Crippen molar-refractivity contribution in [3.8, 4) is 11.5 Å². The Balaban J connectivity index is 2.42. The van der Waals surface area contributed by atoms with E-state index >= 15 is 0 Å². The molecule has 4 heteroatoms. The number of hydrogen-bond acceptors (Lipinski definition) is 4. The molecule has 0 spiro atoms. The lowest BCUT2D eigenvalue weighted by molar-refractivity contribution is -0.131. The second-order valence-corrected chi connectivity index (χ2v) is 8.32. The molecule has 0 radical (unpaired) electrons. The topological polar surface area (TPSA) is 52.6 Å². The minimum atomic E-state index is -0.422. The van der Waals surface area contributed by atoms with Crippen LogP contribution in [0.4, 0.5) is 0 Å². The van der Waals surface area contributed by atoms with Gasteiger partial charge in [0.05, 0.1) is 0 Å². The predicted octanol–water partition coefficient (Wildman–Crippen LogP) is 6.10. The van der Waals surface area contributed by atoms with Crippen molar-refractivity contribution in [1.82, 2.24) is 0 Å². The van der Waals surface area contributed by atoms with Gasteiger partial charge in [-0.2, -0.15) is 0 Å². The fraction of sp³-hybridized carbons (Fsp3) is 0.333. The molecule has 0 atom stereocenters. The average molecular weight is 421 g/mol. The highest BCUT2D eigenvalue weighted by Crippen LogP contribution is 2.36. The van der Waals surface area contributed by atoms with Crippen LogP contribution in [0.2, 0.25) is 0 Å². The van der Waals surface area contributed by atoms with Crippen molar-refractivity contribution in [2.45, 2.75) is 59.8 Å². The van der Waals surface area contributed by atoms with E-state index in [0.29, 0.717) is 22.6 Å². The van der Waals surface area contributed by atoms with Crippen molar-refractivity contribution in [1.29, 1.82) is 0 Å². The van der Waals surface area contributed by atoms with E-state index in [-0.39, 0.29) is 5.41 Å². The zero-order valence-corrected chi connectivity index (χ0v) is 19.4. The van der Waals surface area contributed by atoms with E-state index in [0.717, 1.165) is 35.1 Å². The van der Waals surface area contributed by atoms with Crippen molar-refractivity contribution in [2.75, 3.05) is 0 Å². The van der Waals surface area contributed by atoms with Crippen LogP contribution in [0.5, 0.6) is 11.5 Å². The van der Waals surface area contributed by atoms with Gasteiger partial charge >= 0.3 is 11.9 Å². The third-order valence-electron chi connectivity index (χ3n) is 5.43. The number of carbonyl (C=O) groups is 2. The molecule has 0 aromatic heterocycles. The largest absolute Gasteiger partial charge is 0.423 e. The first-order valence-electron chi connectivity index (χ1n) is 10.5. The Labute approximate surface area is 185 Å². The highest BCUT2D eigenvalue weighted by Gasteiger charge is 2.26. The maximum absolute atomic E-state index is 11.9. The maximum Gasteiger partial charge on any atom is 0.338 e. The summed E-state index contributed by atoms with van der Waals surface area (Å²) in [5.41, 5.74) is 4.56. The SMILES string of the molecule is C=C(C)C(=O)Oc1ccc(C(C)(C)c2ccc(OC(=O)C(=C)C)c(CC)c2)cc1CC. The Bertz CT molecular complexity index is 946. The molecule has 2 aromatic rings. The second kappa shape index (κ2) is 9.78. The van der Waals surface area contributed by atoms with Crippen LogP contribution in [0.15, 0.2) is 60.7 Å². The van der Waals surface area contributed by atoms with Crippen LogP contribution in [-0.2, 0) is 27.8 Å². The van der Waals surface area contributed by atoms with Crippen LogP contribution < -0.4 is 9.47 Å². The Morgan fingerprint density at radius 2 is 1.13 bits per heavy atom. The van der Waals surface area contributed by atoms with E-state index < -0.39 is 11.9 Å². The molecule has 0 saturated carbocycles. The molecule has 0 bridgehead atoms. The molecule has 0 heterocycles. The summed E-state index contributed by atoms with van der Waals surface area (Å²) < 4.78 is 11.0. The Morgan fingerprint density at radius 3 is 1.42 bits per heavy atom. The van der Waals surface area contributed by atoms with Gasteiger partial charge < -0.3 is 9.47 Å². The summed E-state index contributed by atoms with van der Waals surface area (Å²) >= 11 is 0. The standard InChI is InChI=1S/C27H32O4/c1-9-19-15-21(11-13-23(19)30-25(28)17(3)4)27(7,8)22-12-14-24(20(10-2)16-22)31-26(29)18(5)6/h11-16H,3,5,9-10H2,1-2,4,6-8H3. The minimum Gasteiger partial charge on any atom is -0.423 e. The van der Waals surface area contributed by atoms with E-state index in [4.69, 9.17) is 9.47 Å². The zero-order chi connectivity index (χ0) is 23.3. The molecule has 0 N–H and O–H groups in total. The number of carbonyl (C=O) groups excluding carboxylic acids is 2. The molecule has 0 unspecified atom stereocenters. The van der Waals surface area contributed by atoms with Gasteiger partial charge in [-0.05, 0) is 61.1 Å². The Kier molecular flexibility index (Phi) is 7.61. The summed E-state index contributed by atoms with van der Waals surface area (Å²) in [6.45, 7) is 18.9. The van der Waals surface area contributed by atoms with E-state index in [9.17, 15) is 9.59 Å². The zero-order valence-electron chi connectivity index (χ0n) is 19.4. The van der Waals surface area contributed by atoms with Crippen LogP contribution >= 0.6 is 0 Å². The van der Waals surface area contributed by atoms with Crippen LogP contribution in [0, 0.1) is 0 Å². The Morgan fingerprint density at radius 1 is 0.774 bits per heavy atom. The molecule has 0 fully saturated rings. The van der Waals surface area contributed by atoms with Crippen molar-refractivity contribution >= 4 is 11.9 Å². The van der Waals surface area contributed by atoms with Gasteiger partial charge in [-0.15, -0.1) is 0 Å². The fourth-order valence-corrected chi connectivity index (χ4v) is 3.23. The highest BCUT2D eigenvalue weighted by atomic mass is 16.5.